The number of carbonyl (C=O) groups is 4. The highest BCUT2D eigenvalue weighted by molar-refractivity contribution is 6.69. The fourth-order valence-electron chi connectivity index (χ4n) is 9.34. The van der Waals surface area contributed by atoms with Crippen LogP contribution in [0.3, 0.4) is 0 Å². The highest BCUT2D eigenvalue weighted by Crippen LogP contribution is 2.40. The number of fused-ring (bicyclic) bond motifs is 3. The number of aliphatic hydroxyl groups is 1. The van der Waals surface area contributed by atoms with E-state index in [1.54, 1.807) is 12.3 Å². The molecule has 0 aliphatic carbocycles. The Bertz CT molecular complexity index is 2550. The monoisotopic (exact) mass is 852 g/mol. The Morgan fingerprint density at radius 2 is 1.82 bits per heavy atom. The Morgan fingerprint density at radius 3 is 2.55 bits per heavy atom. The first-order valence-corrected chi connectivity index (χ1v) is 24.3. The predicted octanol–water partition coefficient (Wildman–Crippen LogP) is 5.10. The Kier molecular flexibility index (Phi) is 10.1. The molecule has 314 valence electrons. The number of aliphatic hydroxyl groups excluding tert-OH is 1. The van der Waals surface area contributed by atoms with Crippen LogP contribution in [0, 0.1) is 5.92 Å². The minimum absolute atomic E-state index is 0.127. The zero-order valence-electron chi connectivity index (χ0n) is 34.3. The third kappa shape index (κ3) is 7.57. The average Bonchev–Trinajstić information content (AvgIpc) is 3.85. The van der Waals surface area contributed by atoms with Gasteiger partial charge in [0.1, 0.15) is 11.6 Å². The zero-order chi connectivity index (χ0) is 42.2. The number of carbonyl (C=O) groups excluding carboxylic acids is 4. The van der Waals surface area contributed by atoms with Gasteiger partial charge in [0.25, 0.3) is 11.8 Å². The van der Waals surface area contributed by atoms with E-state index in [4.69, 9.17) is 21.1 Å². The molecule has 3 N–H and O–H groups in total. The molecule has 2 aromatic carbocycles. The molecule has 2 unspecified atom stereocenters. The van der Waals surface area contributed by atoms with Crippen molar-refractivity contribution < 1.29 is 28.7 Å². The van der Waals surface area contributed by atoms with E-state index in [1.165, 1.54) is 21.8 Å². The first-order chi connectivity index (χ1) is 28.5. The predicted molar refractivity (Wildman–Crippen MR) is 227 cm³/mol. The molecule has 4 aliphatic heterocycles. The first-order valence-electron chi connectivity index (χ1n) is 20.5. The number of likely N-dealkylation sites (tertiary alicyclic amines) is 1. The van der Waals surface area contributed by atoms with Crippen molar-refractivity contribution in [3.63, 3.8) is 0 Å². The van der Waals surface area contributed by atoms with Crippen molar-refractivity contribution in [3.05, 3.63) is 82.4 Å². The molecule has 9 rings (SSSR count). The molecule has 60 heavy (non-hydrogen) atoms. The molecule has 2 atom stereocenters. The Hall–Kier alpha value is -5.20. The lowest BCUT2D eigenvalue weighted by Crippen LogP contribution is -2.53. The summed E-state index contributed by atoms with van der Waals surface area (Å²) in [5.41, 5.74) is 4.15. The van der Waals surface area contributed by atoms with Gasteiger partial charge in [0, 0.05) is 90.9 Å². The number of hydrogen-bond donors (Lipinski definition) is 3. The molecule has 0 saturated carbocycles. The molecular formula is C42H49ClN10O6Si. The van der Waals surface area contributed by atoms with Gasteiger partial charge in [-0.2, -0.15) is 10.2 Å². The van der Waals surface area contributed by atoms with Crippen molar-refractivity contribution in [2.75, 3.05) is 42.9 Å². The van der Waals surface area contributed by atoms with Crippen LogP contribution in [0.4, 0.5) is 11.4 Å². The minimum atomic E-state index is -2.00. The van der Waals surface area contributed by atoms with E-state index in [9.17, 15) is 24.3 Å². The number of benzene rings is 2. The zero-order valence-corrected chi connectivity index (χ0v) is 36.1. The van der Waals surface area contributed by atoms with Gasteiger partial charge >= 0.3 is 0 Å². The summed E-state index contributed by atoms with van der Waals surface area (Å²) in [6.45, 7) is 15.1. The number of rotatable bonds is 10. The van der Waals surface area contributed by atoms with Crippen molar-refractivity contribution >= 4 is 71.5 Å². The summed E-state index contributed by atoms with van der Waals surface area (Å²) < 4.78 is 10.3. The van der Waals surface area contributed by atoms with Crippen LogP contribution in [0.1, 0.15) is 83.6 Å². The minimum Gasteiger partial charge on any atom is -0.409 e. The number of amides is 4. The number of hydrogen-bond acceptors (Lipinski definition) is 11. The Morgan fingerprint density at radius 1 is 1.05 bits per heavy atom. The summed E-state index contributed by atoms with van der Waals surface area (Å²) >= 11 is 6.10. The van der Waals surface area contributed by atoms with Gasteiger partial charge < -0.3 is 24.6 Å². The van der Waals surface area contributed by atoms with Gasteiger partial charge in [-0.3, -0.25) is 34.1 Å². The number of nitrogens with zero attached hydrogens (tertiary/aromatic N) is 8. The fraction of sp³-hybridized carbons (Fsp3) is 0.452. The topological polar surface area (TPSA) is 180 Å². The van der Waals surface area contributed by atoms with Crippen LogP contribution in [0.25, 0.3) is 16.6 Å². The molecule has 0 bridgehead atoms. The van der Waals surface area contributed by atoms with Crippen molar-refractivity contribution in [2.45, 2.75) is 83.1 Å². The largest absolute Gasteiger partial charge is 0.409 e. The van der Waals surface area contributed by atoms with Gasteiger partial charge in [0.2, 0.25) is 11.8 Å². The van der Waals surface area contributed by atoms with Crippen LogP contribution in [0.2, 0.25) is 24.7 Å². The summed E-state index contributed by atoms with van der Waals surface area (Å²) in [7, 11) is -2.00. The van der Waals surface area contributed by atoms with Gasteiger partial charge in [-0.05, 0) is 77.0 Å². The van der Waals surface area contributed by atoms with Crippen LogP contribution >= 0.6 is 11.6 Å². The maximum Gasteiger partial charge on any atom is 0.261 e. The molecule has 0 radical (unpaired) electrons. The van der Waals surface area contributed by atoms with E-state index in [0.717, 1.165) is 67.7 Å². The lowest BCUT2D eigenvalue weighted by molar-refractivity contribution is -0.139. The van der Waals surface area contributed by atoms with E-state index < -0.39 is 38.0 Å². The summed E-state index contributed by atoms with van der Waals surface area (Å²) in [6.07, 6.45) is 7.68. The van der Waals surface area contributed by atoms with Crippen LogP contribution in [0.5, 0.6) is 0 Å². The molecular weight excluding hydrogens is 804 g/mol. The molecule has 16 nitrogen and oxygen atoms in total. The number of nitrogens with one attached hydrogen (secondary N) is 2. The average molecular weight is 853 g/mol. The third-order valence-electron chi connectivity index (χ3n) is 12.0. The van der Waals surface area contributed by atoms with Crippen LogP contribution in [0.15, 0.2) is 55.1 Å². The molecule has 3 fully saturated rings. The number of anilines is 2. The number of aromatic nitrogens is 5. The summed E-state index contributed by atoms with van der Waals surface area (Å²) in [6, 6.07) is 8.90. The molecule has 3 aromatic heterocycles. The Labute approximate surface area is 352 Å². The molecule has 18 heteroatoms. The molecule has 4 aliphatic rings. The van der Waals surface area contributed by atoms with Gasteiger partial charge in [-0.15, -0.1) is 0 Å². The SMILES string of the molecule is CC(C)(O[Si](C)(C)C)c1cc2nn(C3CCN(CC4CN(c5ccc6c(c5)C(=O)N(C5CCC(=O)NC5=O)C6O)C4)CC3)cc2cc1NC(=O)c1cnn2cc(Cl)cnc12. The Balaban J connectivity index is 0.840. The standard InChI is InChI=1S/C42H49ClN10O6Si/c1-42(2,59-60(3,4)5)32-16-33-25(14-34(32)46-38(55)31-18-45-52-23-26(43)17-44-37(31)52)22-51(48-33)27-10-12-49(13-11-27)19-24-20-50(21-24)28-6-7-29-30(15-28)41(58)53(40(29)57)35-8-9-36(54)47-39(35)56/h6-7,14-18,22-24,27,35,40,57H,8-13,19-21H2,1-5H3,(H,46,55)(H,47,54,56). The number of halogens is 1. The second-order valence-corrected chi connectivity index (χ2v) is 22.8. The highest BCUT2D eigenvalue weighted by Gasteiger charge is 2.45. The summed E-state index contributed by atoms with van der Waals surface area (Å²) in [4.78, 5) is 61.6. The molecule has 4 amide bonds. The quantitative estimate of drug-likeness (QED) is 0.126. The lowest BCUT2D eigenvalue weighted by Gasteiger charge is -2.44. The lowest BCUT2D eigenvalue weighted by atomic mass is 9.95. The van der Waals surface area contributed by atoms with Crippen molar-refractivity contribution in [3.8, 4) is 0 Å². The molecule has 7 heterocycles. The van der Waals surface area contributed by atoms with E-state index in [1.807, 2.05) is 38.1 Å². The van der Waals surface area contributed by atoms with Gasteiger partial charge in [0.15, 0.2) is 20.2 Å². The van der Waals surface area contributed by atoms with Gasteiger partial charge in [-0.1, -0.05) is 17.7 Å². The second-order valence-electron chi connectivity index (χ2n) is 18.0. The summed E-state index contributed by atoms with van der Waals surface area (Å²) in [5, 5.41) is 27.1. The number of piperidine rings is 2. The van der Waals surface area contributed by atoms with Crippen molar-refractivity contribution in [1.29, 1.82) is 0 Å². The van der Waals surface area contributed by atoms with E-state index in [-0.39, 0.29) is 30.7 Å². The maximum absolute atomic E-state index is 13.8. The van der Waals surface area contributed by atoms with Crippen molar-refractivity contribution in [2.24, 2.45) is 5.92 Å². The first kappa shape index (κ1) is 40.2. The van der Waals surface area contributed by atoms with Crippen LogP contribution < -0.4 is 15.5 Å². The summed E-state index contributed by atoms with van der Waals surface area (Å²) in [5.74, 6) is -1.17. The third-order valence-corrected chi connectivity index (χ3v) is 13.4. The fourth-order valence-corrected chi connectivity index (χ4v) is 11.1. The number of imide groups is 1. The van der Waals surface area contributed by atoms with Crippen LogP contribution in [-0.4, -0.2) is 110 Å². The van der Waals surface area contributed by atoms with Crippen molar-refractivity contribution in [1.82, 2.24) is 39.5 Å². The normalized spacial score (nSPS) is 20.9. The second kappa shape index (κ2) is 15.1. The van der Waals surface area contributed by atoms with E-state index in [0.29, 0.717) is 39.0 Å². The molecule has 0 spiro atoms. The molecule has 5 aromatic rings. The smallest absolute Gasteiger partial charge is 0.261 e. The van der Waals surface area contributed by atoms with Crippen LogP contribution in [-0.2, 0) is 19.6 Å². The highest BCUT2D eigenvalue weighted by atomic mass is 35.5. The van der Waals surface area contributed by atoms with E-state index in [2.05, 4.69) is 61.0 Å². The molecule has 3 saturated heterocycles. The van der Waals surface area contributed by atoms with E-state index >= 15 is 0 Å². The maximum atomic E-state index is 13.8. The van der Waals surface area contributed by atoms with Gasteiger partial charge in [0.05, 0.1) is 34.6 Å². The van der Waals surface area contributed by atoms with Gasteiger partial charge in [-0.25, -0.2) is 9.50 Å².